The van der Waals surface area contributed by atoms with Crippen molar-refractivity contribution in [2.24, 2.45) is 0 Å². The maximum absolute atomic E-state index is 5.66. The first-order chi connectivity index (χ1) is 14.2. The Balaban J connectivity index is 1.58. The van der Waals surface area contributed by atoms with Crippen LogP contribution in [0.4, 0.5) is 17.3 Å². The molecule has 3 aromatic heterocycles. The van der Waals surface area contributed by atoms with Gasteiger partial charge in [0, 0.05) is 56.0 Å². The molecular weight excluding hydrogens is 362 g/mol. The molecule has 2 N–H and O–H groups in total. The quantitative estimate of drug-likeness (QED) is 0.692. The van der Waals surface area contributed by atoms with Crippen molar-refractivity contribution in [3.63, 3.8) is 0 Å². The van der Waals surface area contributed by atoms with E-state index in [9.17, 15) is 0 Å². The summed E-state index contributed by atoms with van der Waals surface area (Å²) in [5.74, 6) is 7.87. The molecule has 4 heterocycles. The average Bonchev–Trinajstić information content (AvgIpc) is 2.79. The molecule has 0 spiro atoms. The summed E-state index contributed by atoms with van der Waals surface area (Å²) in [5.41, 5.74) is 9.53. The molecule has 1 fully saturated rings. The number of aromatic nitrogens is 4. The van der Waals surface area contributed by atoms with Crippen molar-refractivity contribution in [3.8, 4) is 11.8 Å². The largest absolute Gasteiger partial charge is 0.384 e. The summed E-state index contributed by atoms with van der Waals surface area (Å²) in [6, 6.07) is 7.73. The third-order valence-corrected chi connectivity index (χ3v) is 4.97. The molecule has 1 aliphatic rings. The minimum atomic E-state index is 0.487. The molecular formula is C22H23N7. The number of aryl methyl sites for hydroxylation is 1. The standard InChI is InChI=1S/C22H23N7/c1-2-20-19(5-3-17-4-6-21(23)25-15-17)22(27-16-26-20)29-13-11-28(12-14-29)18-7-9-24-10-8-18/h4,6-10,15-16H,2,11-14H2,1H3,(H2,23,25). The Morgan fingerprint density at radius 3 is 2.38 bits per heavy atom. The van der Waals surface area contributed by atoms with Crippen LogP contribution >= 0.6 is 0 Å². The average molecular weight is 385 g/mol. The highest BCUT2D eigenvalue weighted by Gasteiger charge is 2.21. The molecule has 1 saturated heterocycles. The third kappa shape index (κ3) is 4.27. The Bertz CT molecular complexity index is 1010. The van der Waals surface area contributed by atoms with Crippen LogP contribution in [0, 0.1) is 11.8 Å². The van der Waals surface area contributed by atoms with Gasteiger partial charge >= 0.3 is 0 Å². The summed E-state index contributed by atoms with van der Waals surface area (Å²) in [5, 5.41) is 0. The molecule has 146 valence electrons. The Morgan fingerprint density at radius 2 is 1.69 bits per heavy atom. The summed E-state index contributed by atoms with van der Waals surface area (Å²) >= 11 is 0. The van der Waals surface area contributed by atoms with Gasteiger partial charge in [-0.25, -0.2) is 15.0 Å². The van der Waals surface area contributed by atoms with Crippen molar-refractivity contribution in [1.82, 2.24) is 19.9 Å². The number of anilines is 3. The Hall–Kier alpha value is -3.66. The van der Waals surface area contributed by atoms with Crippen LogP contribution in [0.2, 0.25) is 0 Å². The molecule has 4 rings (SSSR count). The second kappa shape index (κ2) is 8.57. The lowest BCUT2D eigenvalue weighted by Crippen LogP contribution is -2.47. The number of rotatable bonds is 3. The topological polar surface area (TPSA) is 84.1 Å². The van der Waals surface area contributed by atoms with E-state index in [0.29, 0.717) is 5.82 Å². The smallest absolute Gasteiger partial charge is 0.148 e. The van der Waals surface area contributed by atoms with Crippen molar-refractivity contribution in [3.05, 3.63) is 66.0 Å². The molecule has 7 nitrogen and oxygen atoms in total. The van der Waals surface area contributed by atoms with Crippen molar-refractivity contribution in [2.45, 2.75) is 13.3 Å². The maximum atomic E-state index is 5.66. The summed E-state index contributed by atoms with van der Waals surface area (Å²) in [4.78, 5) is 21.9. The second-order valence-electron chi connectivity index (χ2n) is 6.77. The van der Waals surface area contributed by atoms with Crippen LogP contribution in [0.25, 0.3) is 0 Å². The van der Waals surface area contributed by atoms with Gasteiger partial charge in [-0.2, -0.15) is 0 Å². The molecule has 0 aromatic carbocycles. The van der Waals surface area contributed by atoms with E-state index < -0.39 is 0 Å². The summed E-state index contributed by atoms with van der Waals surface area (Å²) in [6.07, 6.45) is 7.79. The molecule has 0 radical (unpaired) electrons. The predicted molar refractivity (Wildman–Crippen MR) is 115 cm³/mol. The van der Waals surface area contributed by atoms with Gasteiger partial charge in [0.2, 0.25) is 0 Å². The van der Waals surface area contributed by atoms with Gasteiger partial charge in [0.25, 0.3) is 0 Å². The number of nitrogens with two attached hydrogens (primary N) is 1. The number of nitrogens with zero attached hydrogens (tertiary/aromatic N) is 6. The first kappa shape index (κ1) is 18.7. The van der Waals surface area contributed by atoms with E-state index >= 15 is 0 Å². The zero-order valence-corrected chi connectivity index (χ0v) is 16.4. The Kier molecular flexibility index (Phi) is 5.52. The van der Waals surface area contributed by atoms with Gasteiger partial charge < -0.3 is 15.5 Å². The second-order valence-corrected chi connectivity index (χ2v) is 6.77. The monoisotopic (exact) mass is 385 g/mol. The normalized spacial score (nSPS) is 13.7. The van der Waals surface area contributed by atoms with E-state index in [2.05, 4.69) is 48.5 Å². The highest BCUT2D eigenvalue weighted by Crippen LogP contribution is 2.23. The van der Waals surface area contributed by atoms with E-state index in [1.807, 2.05) is 30.6 Å². The van der Waals surface area contributed by atoms with E-state index in [4.69, 9.17) is 5.73 Å². The summed E-state index contributed by atoms with van der Waals surface area (Å²) in [7, 11) is 0. The van der Waals surface area contributed by atoms with Crippen LogP contribution in [0.15, 0.2) is 49.2 Å². The van der Waals surface area contributed by atoms with Gasteiger partial charge in [-0.1, -0.05) is 18.8 Å². The highest BCUT2D eigenvalue weighted by molar-refractivity contribution is 5.60. The maximum Gasteiger partial charge on any atom is 0.148 e. The molecule has 3 aromatic rings. The highest BCUT2D eigenvalue weighted by atomic mass is 15.3. The zero-order chi connectivity index (χ0) is 20.1. The van der Waals surface area contributed by atoms with Crippen molar-refractivity contribution >= 4 is 17.3 Å². The molecule has 0 aliphatic carbocycles. The van der Waals surface area contributed by atoms with Crippen LogP contribution in [0.1, 0.15) is 23.7 Å². The van der Waals surface area contributed by atoms with E-state index in [1.165, 1.54) is 5.69 Å². The minimum Gasteiger partial charge on any atom is -0.384 e. The van der Waals surface area contributed by atoms with Crippen LogP contribution in [-0.2, 0) is 6.42 Å². The summed E-state index contributed by atoms with van der Waals surface area (Å²) in [6.45, 7) is 5.68. The van der Waals surface area contributed by atoms with Crippen molar-refractivity contribution in [1.29, 1.82) is 0 Å². The number of pyridine rings is 2. The molecule has 1 aliphatic heterocycles. The third-order valence-electron chi connectivity index (χ3n) is 4.97. The lowest BCUT2D eigenvalue weighted by molar-refractivity contribution is 0.645. The SMILES string of the molecule is CCc1ncnc(N2CCN(c3ccncc3)CC2)c1C#Cc1ccc(N)nc1. The van der Waals surface area contributed by atoms with E-state index in [1.54, 1.807) is 18.6 Å². The first-order valence-corrected chi connectivity index (χ1v) is 9.72. The molecule has 0 atom stereocenters. The van der Waals surface area contributed by atoms with Gasteiger partial charge in [-0.05, 0) is 30.7 Å². The molecule has 0 saturated carbocycles. The lowest BCUT2D eigenvalue weighted by Gasteiger charge is -2.37. The van der Waals surface area contributed by atoms with Gasteiger partial charge in [0.05, 0.1) is 11.3 Å². The van der Waals surface area contributed by atoms with E-state index in [-0.39, 0.29) is 0 Å². The fraction of sp³-hybridized carbons (Fsp3) is 0.273. The van der Waals surface area contributed by atoms with Crippen molar-refractivity contribution in [2.75, 3.05) is 41.7 Å². The Morgan fingerprint density at radius 1 is 0.931 bits per heavy atom. The van der Waals surface area contributed by atoms with Crippen LogP contribution in [-0.4, -0.2) is 46.1 Å². The van der Waals surface area contributed by atoms with Crippen LogP contribution < -0.4 is 15.5 Å². The number of nitrogen functional groups attached to an aromatic ring is 1. The first-order valence-electron chi connectivity index (χ1n) is 9.72. The van der Waals surface area contributed by atoms with Crippen LogP contribution in [0.5, 0.6) is 0 Å². The van der Waals surface area contributed by atoms with E-state index in [0.717, 1.165) is 55.2 Å². The van der Waals surface area contributed by atoms with Gasteiger partial charge in [-0.3, -0.25) is 4.98 Å². The van der Waals surface area contributed by atoms with Gasteiger partial charge in [0.1, 0.15) is 18.0 Å². The summed E-state index contributed by atoms with van der Waals surface area (Å²) < 4.78 is 0. The number of piperazine rings is 1. The fourth-order valence-electron chi connectivity index (χ4n) is 3.39. The molecule has 0 amide bonds. The van der Waals surface area contributed by atoms with Crippen LogP contribution in [0.3, 0.4) is 0 Å². The minimum absolute atomic E-state index is 0.487. The lowest BCUT2D eigenvalue weighted by atomic mass is 10.1. The predicted octanol–water partition coefficient (Wildman–Crippen LogP) is 2.14. The number of hydrogen-bond donors (Lipinski definition) is 1. The number of hydrogen-bond acceptors (Lipinski definition) is 7. The Labute approximate surface area is 170 Å². The molecule has 0 bridgehead atoms. The zero-order valence-electron chi connectivity index (χ0n) is 16.4. The van der Waals surface area contributed by atoms with Gasteiger partial charge in [-0.15, -0.1) is 0 Å². The van der Waals surface area contributed by atoms with Gasteiger partial charge in [0.15, 0.2) is 0 Å². The molecule has 7 heteroatoms. The molecule has 0 unspecified atom stereocenters. The fourth-order valence-corrected chi connectivity index (χ4v) is 3.39. The molecule has 29 heavy (non-hydrogen) atoms. The van der Waals surface area contributed by atoms with Crippen molar-refractivity contribution < 1.29 is 0 Å².